The molecule has 1 aromatic rings. The average molecular weight is 523 g/mol. The van der Waals surface area contributed by atoms with Crippen molar-refractivity contribution in [3.63, 3.8) is 0 Å². The van der Waals surface area contributed by atoms with Crippen molar-refractivity contribution in [2.75, 3.05) is 11.4 Å². The molecule has 0 fully saturated rings. The maximum absolute atomic E-state index is 12.2. The number of unbranched alkanes of at least 4 members (excludes halogenated alkanes) is 13. The van der Waals surface area contributed by atoms with Crippen LogP contribution in [-0.2, 0) is 4.79 Å². The van der Waals surface area contributed by atoms with Gasteiger partial charge in [-0.15, -0.1) is 0 Å². The van der Waals surface area contributed by atoms with Crippen LogP contribution >= 0.6 is 11.8 Å². The van der Waals surface area contributed by atoms with Crippen LogP contribution in [0, 0.1) is 10.1 Å². The van der Waals surface area contributed by atoms with Crippen molar-refractivity contribution in [3.05, 3.63) is 81.1 Å². The van der Waals surface area contributed by atoms with Crippen LogP contribution in [0.15, 0.2) is 75.8 Å². The van der Waals surface area contributed by atoms with E-state index >= 15 is 0 Å². The number of nitrogens with zero attached hydrogens (tertiary/aromatic N) is 2. The summed E-state index contributed by atoms with van der Waals surface area (Å²) in [5.41, 5.74) is 1.48. The van der Waals surface area contributed by atoms with Gasteiger partial charge in [-0.2, -0.15) is 0 Å². The molecule has 0 unspecified atom stereocenters. The van der Waals surface area contributed by atoms with Crippen LogP contribution in [0.25, 0.3) is 0 Å². The van der Waals surface area contributed by atoms with Gasteiger partial charge in [-0.1, -0.05) is 114 Å². The van der Waals surface area contributed by atoms with Gasteiger partial charge in [0.1, 0.15) is 0 Å². The fourth-order valence-electron chi connectivity index (χ4n) is 4.81. The number of carbonyl (C=O) groups is 1. The van der Waals surface area contributed by atoms with Crippen molar-refractivity contribution in [1.82, 2.24) is 0 Å². The number of fused-ring (bicyclic) bond motifs is 1. The second-order valence-electron chi connectivity index (χ2n) is 9.97. The Morgan fingerprint density at radius 2 is 1.43 bits per heavy atom. The molecule has 0 bridgehead atoms. The largest absolute Gasteiger partial charge is 0.335 e. The molecule has 1 aliphatic carbocycles. The van der Waals surface area contributed by atoms with Gasteiger partial charge in [0.05, 0.1) is 15.6 Å². The summed E-state index contributed by atoms with van der Waals surface area (Å²) in [6, 6.07) is 8.35. The van der Waals surface area contributed by atoms with Crippen molar-refractivity contribution >= 4 is 23.2 Å². The van der Waals surface area contributed by atoms with E-state index in [-0.39, 0.29) is 11.5 Å². The highest BCUT2D eigenvalue weighted by atomic mass is 32.2. The van der Waals surface area contributed by atoms with Gasteiger partial charge in [0.15, 0.2) is 5.78 Å². The molecule has 1 aliphatic heterocycles. The third kappa shape index (κ3) is 9.66. The average Bonchev–Trinajstić information content (AvgIpc) is 3.25. The summed E-state index contributed by atoms with van der Waals surface area (Å²) in [6.45, 7) is 3.20. The summed E-state index contributed by atoms with van der Waals surface area (Å²) < 4.78 is 0. The van der Waals surface area contributed by atoms with E-state index in [0.717, 1.165) is 18.0 Å². The zero-order valence-electron chi connectivity index (χ0n) is 22.3. The van der Waals surface area contributed by atoms with Crippen LogP contribution in [0.2, 0.25) is 0 Å². The number of ketones is 1. The molecule has 5 nitrogen and oxygen atoms in total. The first-order valence-corrected chi connectivity index (χ1v) is 15.0. The Hall–Kier alpha value is -2.60. The van der Waals surface area contributed by atoms with Crippen LogP contribution in [0.1, 0.15) is 96.8 Å². The summed E-state index contributed by atoms with van der Waals surface area (Å²) >= 11 is 1.69. The molecule has 0 N–H and O–H groups in total. The fraction of sp³-hybridized carbons (Fsp3) is 0.516. The summed E-state index contributed by atoms with van der Waals surface area (Å²) in [5, 5.41) is 12.2. The first kappa shape index (κ1) is 29.0. The van der Waals surface area contributed by atoms with Crippen LogP contribution in [0.5, 0.6) is 0 Å². The molecule has 0 radical (unpaired) electrons. The lowest BCUT2D eigenvalue weighted by Gasteiger charge is -2.20. The molecule has 6 heteroatoms. The number of rotatable bonds is 17. The van der Waals surface area contributed by atoms with Gasteiger partial charge in [0, 0.05) is 29.2 Å². The summed E-state index contributed by atoms with van der Waals surface area (Å²) in [6.07, 6.45) is 26.3. The predicted molar refractivity (Wildman–Crippen MR) is 155 cm³/mol. The first-order chi connectivity index (χ1) is 18.1. The zero-order valence-corrected chi connectivity index (χ0v) is 23.1. The van der Waals surface area contributed by atoms with Crippen LogP contribution in [0.3, 0.4) is 0 Å². The Labute approximate surface area is 226 Å². The molecule has 200 valence electrons. The first-order valence-electron chi connectivity index (χ1n) is 14.1. The van der Waals surface area contributed by atoms with E-state index in [4.69, 9.17) is 0 Å². The number of hydrogen-bond donors (Lipinski definition) is 0. The van der Waals surface area contributed by atoms with Gasteiger partial charge < -0.3 is 4.90 Å². The monoisotopic (exact) mass is 522 g/mol. The number of para-hydroxylation sites is 1. The Bertz CT molecular complexity index is 1030. The maximum Gasteiger partial charge on any atom is 0.270 e. The second kappa shape index (κ2) is 16.3. The minimum absolute atomic E-state index is 0.0640. The van der Waals surface area contributed by atoms with Gasteiger partial charge in [-0.05, 0) is 36.8 Å². The maximum atomic E-state index is 12.2. The van der Waals surface area contributed by atoms with Crippen molar-refractivity contribution < 1.29 is 9.72 Å². The minimum Gasteiger partial charge on any atom is -0.335 e. The van der Waals surface area contributed by atoms with Crippen molar-refractivity contribution in [2.24, 2.45) is 0 Å². The normalized spacial score (nSPS) is 17.1. The smallest absolute Gasteiger partial charge is 0.270 e. The van der Waals surface area contributed by atoms with E-state index < -0.39 is 4.92 Å². The number of benzene rings is 1. The Kier molecular flexibility index (Phi) is 12.7. The predicted octanol–water partition coefficient (Wildman–Crippen LogP) is 9.15. The molecule has 0 saturated carbocycles. The highest BCUT2D eigenvalue weighted by Gasteiger charge is 2.24. The number of nitro groups is 1. The van der Waals surface area contributed by atoms with E-state index in [1.54, 1.807) is 17.8 Å². The van der Waals surface area contributed by atoms with Gasteiger partial charge in [0.25, 0.3) is 5.70 Å². The Morgan fingerprint density at radius 1 is 0.838 bits per heavy atom. The van der Waals surface area contributed by atoms with Crippen LogP contribution in [-0.4, -0.2) is 17.3 Å². The van der Waals surface area contributed by atoms with Crippen LogP contribution < -0.4 is 4.90 Å². The third-order valence-corrected chi connectivity index (χ3v) is 8.11. The van der Waals surface area contributed by atoms with E-state index in [0.29, 0.717) is 5.57 Å². The van der Waals surface area contributed by atoms with Gasteiger partial charge >= 0.3 is 0 Å². The number of hydrogen-bond acceptors (Lipinski definition) is 5. The van der Waals surface area contributed by atoms with E-state index in [2.05, 4.69) is 30.0 Å². The summed E-state index contributed by atoms with van der Waals surface area (Å²) in [5.74, 6) is -0.207. The molecule has 3 rings (SSSR count). The molecular formula is C31H42N2O3S. The molecule has 0 aromatic heterocycles. The molecule has 1 heterocycles. The third-order valence-electron chi connectivity index (χ3n) is 6.98. The van der Waals surface area contributed by atoms with Crippen LogP contribution in [0.4, 0.5) is 5.69 Å². The highest BCUT2D eigenvalue weighted by Crippen LogP contribution is 2.46. The van der Waals surface area contributed by atoms with E-state index in [1.807, 2.05) is 12.1 Å². The Balaban J connectivity index is 1.41. The van der Waals surface area contributed by atoms with Crippen molar-refractivity contribution in [3.8, 4) is 0 Å². The standard InChI is InChI=1S/C31H42N2O3S/c1-2-3-4-5-6-7-8-9-10-11-12-13-14-17-24-32-28-18-15-16-19-30(28)37-31(32)23-20-26-25-27(33(35)36)21-22-29(26)34/h15-16,18-23,25H,2-14,17,24H2,1H3/b26-20+,31-23-. The summed E-state index contributed by atoms with van der Waals surface area (Å²) in [7, 11) is 0. The van der Waals surface area contributed by atoms with E-state index in [1.165, 1.54) is 112 Å². The van der Waals surface area contributed by atoms with Crippen molar-refractivity contribution in [1.29, 1.82) is 0 Å². The molecule has 1 aromatic carbocycles. The van der Waals surface area contributed by atoms with Gasteiger partial charge in [-0.3, -0.25) is 14.9 Å². The zero-order chi connectivity index (χ0) is 26.3. The quantitative estimate of drug-likeness (QED) is 0.0883. The molecular weight excluding hydrogens is 480 g/mol. The summed E-state index contributed by atoms with van der Waals surface area (Å²) in [4.78, 5) is 26.4. The fourth-order valence-corrected chi connectivity index (χ4v) is 5.90. The van der Waals surface area contributed by atoms with E-state index in [9.17, 15) is 14.9 Å². The lowest BCUT2D eigenvalue weighted by molar-refractivity contribution is -0.419. The highest BCUT2D eigenvalue weighted by molar-refractivity contribution is 8.03. The lowest BCUT2D eigenvalue weighted by atomic mass is 10.0. The number of allylic oxidation sites excluding steroid dienone is 6. The molecule has 0 saturated heterocycles. The van der Waals surface area contributed by atoms with Gasteiger partial charge in [0.2, 0.25) is 0 Å². The van der Waals surface area contributed by atoms with Crippen molar-refractivity contribution in [2.45, 2.75) is 102 Å². The topological polar surface area (TPSA) is 63.4 Å². The molecule has 0 amide bonds. The molecule has 37 heavy (non-hydrogen) atoms. The lowest BCUT2D eigenvalue weighted by Crippen LogP contribution is -2.19. The van der Waals surface area contributed by atoms with Gasteiger partial charge in [-0.25, -0.2) is 0 Å². The second-order valence-corrected chi connectivity index (χ2v) is 11.0. The minimum atomic E-state index is -0.466. The Morgan fingerprint density at radius 3 is 2.05 bits per heavy atom. The number of carbonyl (C=O) groups excluding carboxylic acids is 1. The molecule has 2 aliphatic rings. The number of thioether (sulfide) groups is 1. The molecule has 0 atom stereocenters. The molecule has 0 spiro atoms. The number of anilines is 1. The SMILES string of the molecule is CCCCCCCCCCCCCCCCN1/C(=C/C=C2\C=C([N+](=O)[O-])C=CC2=O)Sc2ccccc21.